The van der Waals surface area contributed by atoms with Crippen molar-refractivity contribution in [3.63, 3.8) is 0 Å². The van der Waals surface area contributed by atoms with E-state index in [9.17, 15) is 19.8 Å². The molecule has 1 saturated heterocycles. The van der Waals surface area contributed by atoms with Gasteiger partial charge in [-0.15, -0.1) is 0 Å². The standard InChI is InChI=1S/C27H17Cl2NO4/c28-21-12-9-19(14-22(21)29)30-24(16-7-10-20(31)11-8-16)23(26(33)27(30)34)25(32)18-6-5-15-3-1-2-4-17(15)13-18/h1-14,24,31-32H/b25-23-. The van der Waals surface area contributed by atoms with Crippen LogP contribution in [0.4, 0.5) is 5.69 Å². The van der Waals surface area contributed by atoms with Crippen LogP contribution < -0.4 is 4.90 Å². The number of aromatic hydroxyl groups is 1. The fraction of sp³-hybridized carbons (Fsp3) is 0.0370. The third-order valence-corrected chi connectivity index (χ3v) is 6.60. The van der Waals surface area contributed by atoms with E-state index >= 15 is 0 Å². The number of halogens is 2. The zero-order valence-corrected chi connectivity index (χ0v) is 19.1. The van der Waals surface area contributed by atoms with Crippen molar-refractivity contribution in [2.75, 3.05) is 4.90 Å². The molecule has 4 aromatic carbocycles. The molecular formula is C27H17Cl2NO4. The number of benzene rings is 4. The summed E-state index contributed by atoms with van der Waals surface area (Å²) in [4.78, 5) is 27.8. The normalized spacial score (nSPS) is 17.5. The highest BCUT2D eigenvalue weighted by Crippen LogP contribution is 2.43. The number of phenolic OH excluding ortho intramolecular Hbond substituents is 1. The van der Waals surface area contributed by atoms with Crippen molar-refractivity contribution < 1.29 is 19.8 Å². The van der Waals surface area contributed by atoms with Gasteiger partial charge in [0, 0.05) is 11.3 Å². The van der Waals surface area contributed by atoms with Crippen LogP contribution in [0.2, 0.25) is 10.0 Å². The van der Waals surface area contributed by atoms with Crippen molar-refractivity contribution in [3.05, 3.63) is 112 Å². The highest BCUT2D eigenvalue weighted by Gasteiger charge is 2.47. The number of carbonyl (C=O) groups excluding carboxylic acids is 2. The van der Waals surface area contributed by atoms with Gasteiger partial charge in [0.05, 0.1) is 21.7 Å². The lowest BCUT2D eigenvalue weighted by atomic mass is 9.94. The second-order valence-electron chi connectivity index (χ2n) is 7.92. The molecule has 1 atom stereocenters. The number of fused-ring (bicyclic) bond motifs is 1. The number of rotatable bonds is 3. The third kappa shape index (κ3) is 3.69. The van der Waals surface area contributed by atoms with E-state index in [1.165, 1.54) is 29.2 Å². The van der Waals surface area contributed by atoms with Crippen molar-refractivity contribution in [1.29, 1.82) is 0 Å². The third-order valence-electron chi connectivity index (χ3n) is 5.86. The zero-order chi connectivity index (χ0) is 24.0. The van der Waals surface area contributed by atoms with Gasteiger partial charge in [0.2, 0.25) is 0 Å². The molecular weight excluding hydrogens is 473 g/mol. The second-order valence-corrected chi connectivity index (χ2v) is 8.74. The Morgan fingerprint density at radius 1 is 0.794 bits per heavy atom. The van der Waals surface area contributed by atoms with Gasteiger partial charge >= 0.3 is 0 Å². The van der Waals surface area contributed by atoms with Crippen molar-refractivity contribution in [2.45, 2.75) is 6.04 Å². The number of aliphatic hydroxyl groups excluding tert-OH is 1. The Bertz CT molecular complexity index is 1490. The van der Waals surface area contributed by atoms with Crippen LogP contribution in [0.15, 0.2) is 90.5 Å². The molecule has 1 fully saturated rings. The lowest BCUT2D eigenvalue weighted by molar-refractivity contribution is -0.132. The quantitative estimate of drug-likeness (QED) is 0.196. The molecule has 4 aromatic rings. The van der Waals surface area contributed by atoms with Crippen LogP contribution in [0.25, 0.3) is 16.5 Å². The average Bonchev–Trinajstić information content (AvgIpc) is 3.11. The van der Waals surface area contributed by atoms with Gasteiger partial charge in [-0.3, -0.25) is 14.5 Å². The summed E-state index contributed by atoms with van der Waals surface area (Å²) in [5.41, 5.74) is 1.24. The van der Waals surface area contributed by atoms with Gasteiger partial charge in [0.25, 0.3) is 11.7 Å². The van der Waals surface area contributed by atoms with Crippen LogP contribution in [0.1, 0.15) is 17.2 Å². The molecule has 2 N–H and O–H groups in total. The Kier molecular flexibility index (Phi) is 5.52. The first kappa shape index (κ1) is 22.0. The summed E-state index contributed by atoms with van der Waals surface area (Å²) in [6.45, 7) is 0. The number of hydrogen-bond donors (Lipinski definition) is 2. The number of phenols is 1. The first-order valence-corrected chi connectivity index (χ1v) is 11.1. The van der Waals surface area contributed by atoms with Gasteiger partial charge in [0.15, 0.2) is 0 Å². The summed E-state index contributed by atoms with van der Waals surface area (Å²) in [7, 11) is 0. The molecule has 0 aromatic heterocycles. The molecule has 34 heavy (non-hydrogen) atoms. The lowest BCUT2D eigenvalue weighted by Gasteiger charge is -2.25. The molecule has 0 saturated carbocycles. The molecule has 0 bridgehead atoms. The number of hydrogen-bond acceptors (Lipinski definition) is 4. The van der Waals surface area contributed by atoms with E-state index < -0.39 is 17.7 Å². The van der Waals surface area contributed by atoms with E-state index in [0.717, 1.165) is 10.8 Å². The predicted molar refractivity (Wildman–Crippen MR) is 133 cm³/mol. The van der Waals surface area contributed by atoms with Gasteiger partial charge in [-0.25, -0.2) is 0 Å². The first-order chi connectivity index (χ1) is 16.3. The Hall–Kier alpha value is -3.80. The summed E-state index contributed by atoms with van der Waals surface area (Å²) in [6, 6.07) is 22.8. The van der Waals surface area contributed by atoms with Gasteiger partial charge < -0.3 is 10.2 Å². The smallest absolute Gasteiger partial charge is 0.300 e. The largest absolute Gasteiger partial charge is 0.508 e. The molecule has 7 heteroatoms. The summed E-state index contributed by atoms with van der Waals surface area (Å²) in [5, 5.41) is 23.5. The highest BCUT2D eigenvalue weighted by atomic mass is 35.5. The number of carbonyl (C=O) groups is 2. The van der Waals surface area contributed by atoms with Crippen LogP contribution in [-0.4, -0.2) is 21.9 Å². The van der Waals surface area contributed by atoms with E-state index in [-0.39, 0.29) is 22.1 Å². The number of ketones is 1. The molecule has 168 valence electrons. The summed E-state index contributed by atoms with van der Waals surface area (Å²) < 4.78 is 0. The number of amides is 1. The van der Waals surface area contributed by atoms with E-state index in [0.29, 0.717) is 21.8 Å². The van der Waals surface area contributed by atoms with Gasteiger partial charge in [-0.05, 0) is 52.7 Å². The maximum Gasteiger partial charge on any atom is 0.300 e. The van der Waals surface area contributed by atoms with Crippen LogP contribution >= 0.6 is 23.2 Å². The first-order valence-electron chi connectivity index (χ1n) is 10.4. The zero-order valence-electron chi connectivity index (χ0n) is 17.6. The van der Waals surface area contributed by atoms with Crippen molar-refractivity contribution in [1.82, 2.24) is 0 Å². The van der Waals surface area contributed by atoms with Gasteiger partial charge in [-0.1, -0.05) is 71.7 Å². The van der Waals surface area contributed by atoms with Crippen molar-refractivity contribution in [3.8, 4) is 5.75 Å². The topological polar surface area (TPSA) is 77.8 Å². The van der Waals surface area contributed by atoms with E-state index in [1.54, 1.807) is 30.3 Å². The van der Waals surface area contributed by atoms with Crippen LogP contribution in [0.5, 0.6) is 5.75 Å². The molecule has 0 spiro atoms. The van der Waals surface area contributed by atoms with Gasteiger partial charge in [0.1, 0.15) is 11.5 Å². The number of nitrogens with zero attached hydrogens (tertiary/aromatic N) is 1. The molecule has 1 amide bonds. The van der Waals surface area contributed by atoms with Gasteiger partial charge in [-0.2, -0.15) is 0 Å². The summed E-state index contributed by atoms with van der Waals surface area (Å²) in [5.74, 6) is -1.89. The van der Waals surface area contributed by atoms with Crippen molar-refractivity contribution >= 4 is 57.1 Å². The SMILES string of the molecule is O=C1C(=O)N(c2ccc(Cl)c(Cl)c2)C(c2ccc(O)cc2)/C1=C(/O)c1ccc2ccccc2c1. The minimum Gasteiger partial charge on any atom is -0.508 e. The minimum atomic E-state index is -0.940. The van der Waals surface area contributed by atoms with E-state index in [1.807, 2.05) is 30.3 Å². The molecule has 5 rings (SSSR count). The maximum absolute atomic E-state index is 13.3. The number of Topliss-reactive ketones (excluding diaryl/α,β-unsaturated/α-hetero) is 1. The molecule has 1 aliphatic rings. The predicted octanol–water partition coefficient (Wildman–Crippen LogP) is 6.48. The van der Waals surface area contributed by atoms with Crippen molar-refractivity contribution in [2.24, 2.45) is 0 Å². The molecule has 1 unspecified atom stereocenters. The highest BCUT2D eigenvalue weighted by molar-refractivity contribution is 6.52. The Morgan fingerprint density at radius 2 is 1.50 bits per heavy atom. The monoisotopic (exact) mass is 489 g/mol. The Morgan fingerprint density at radius 3 is 2.21 bits per heavy atom. The molecule has 5 nitrogen and oxygen atoms in total. The fourth-order valence-corrected chi connectivity index (χ4v) is 4.49. The molecule has 0 aliphatic carbocycles. The molecule has 1 heterocycles. The number of anilines is 1. The van der Waals surface area contributed by atoms with E-state index in [4.69, 9.17) is 23.2 Å². The second kappa shape index (κ2) is 8.52. The average molecular weight is 490 g/mol. The van der Waals surface area contributed by atoms with Crippen LogP contribution in [0.3, 0.4) is 0 Å². The molecule has 0 radical (unpaired) electrons. The van der Waals surface area contributed by atoms with Crippen LogP contribution in [0, 0.1) is 0 Å². The fourth-order valence-electron chi connectivity index (χ4n) is 4.20. The molecule has 1 aliphatic heterocycles. The number of aliphatic hydroxyl groups is 1. The Labute approximate surface area is 205 Å². The lowest BCUT2D eigenvalue weighted by Crippen LogP contribution is -2.29. The summed E-state index contributed by atoms with van der Waals surface area (Å²) >= 11 is 12.2. The Balaban J connectivity index is 1.73. The minimum absolute atomic E-state index is 0.0322. The van der Waals surface area contributed by atoms with Crippen LogP contribution in [-0.2, 0) is 9.59 Å². The summed E-state index contributed by atoms with van der Waals surface area (Å²) in [6.07, 6.45) is 0. The van der Waals surface area contributed by atoms with E-state index in [2.05, 4.69) is 0 Å². The maximum atomic E-state index is 13.3.